The molecule has 2 N–H and O–H groups in total. The second kappa shape index (κ2) is 6.86. The third kappa shape index (κ3) is 4.40. The standard InChI is InChI=1S/C11H17NO5S/c1-8(13)18-6-3-9(14)7-17-11(10(15)16)4-2-5-12-11/h12H,2-7H2,1H3,(H,15,16)/t11-/m1/s1. The first-order valence-corrected chi connectivity index (χ1v) is 6.72. The lowest BCUT2D eigenvalue weighted by Crippen LogP contribution is -2.50. The molecule has 18 heavy (non-hydrogen) atoms. The van der Waals surface area contributed by atoms with Crippen molar-refractivity contribution in [3.8, 4) is 0 Å². The minimum atomic E-state index is -1.41. The summed E-state index contributed by atoms with van der Waals surface area (Å²) in [6, 6.07) is 0. The van der Waals surface area contributed by atoms with Crippen LogP contribution in [0.1, 0.15) is 26.2 Å². The Kier molecular flexibility index (Phi) is 5.77. The van der Waals surface area contributed by atoms with Gasteiger partial charge in [-0.05, 0) is 13.0 Å². The van der Waals surface area contributed by atoms with E-state index in [1.54, 1.807) is 0 Å². The minimum Gasteiger partial charge on any atom is -0.478 e. The average Bonchev–Trinajstić information content (AvgIpc) is 2.75. The quantitative estimate of drug-likeness (QED) is 0.695. The molecule has 0 aromatic carbocycles. The van der Waals surface area contributed by atoms with Gasteiger partial charge in [0.1, 0.15) is 6.61 Å². The first-order chi connectivity index (χ1) is 8.46. The Bertz CT molecular complexity index is 338. The molecule has 0 radical (unpaired) electrons. The zero-order valence-electron chi connectivity index (χ0n) is 10.2. The highest BCUT2D eigenvalue weighted by atomic mass is 32.2. The van der Waals surface area contributed by atoms with Gasteiger partial charge in [0.2, 0.25) is 5.72 Å². The molecule has 0 spiro atoms. The van der Waals surface area contributed by atoms with Gasteiger partial charge in [0.15, 0.2) is 10.9 Å². The number of nitrogens with one attached hydrogen (secondary N) is 1. The van der Waals surface area contributed by atoms with E-state index in [-0.39, 0.29) is 23.9 Å². The van der Waals surface area contributed by atoms with Crippen LogP contribution in [-0.2, 0) is 19.1 Å². The molecule has 1 atom stereocenters. The molecule has 0 amide bonds. The van der Waals surface area contributed by atoms with Gasteiger partial charge in [0.25, 0.3) is 0 Å². The summed E-state index contributed by atoms with van der Waals surface area (Å²) in [5.74, 6) is -0.880. The first kappa shape index (κ1) is 15.1. The molecule has 0 aromatic rings. The Balaban J connectivity index is 2.32. The Morgan fingerprint density at radius 3 is 2.67 bits per heavy atom. The lowest BCUT2D eigenvalue weighted by atomic mass is 10.1. The monoisotopic (exact) mass is 275 g/mol. The van der Waals surface area contributed by atoms with Crippen LogP contribution in [0, 0.1) is 0 Å². The van der Waals surface area contributed by atoms with Crippen LogP contribution in [0.25, 0.3) is 0 Å². The van der Waals surface area contributed by atoms with Gasteiger partial charge < -0.3 is 9.84 Å². The fourth-order valence-corrected chi connectivity index (χ4v) is 2.29. The van der Waals surface area contributed by atoms with Gasteiger partial charge in [0.05, 0.1) is 0 Å². The van der Waals surface area contributed by atoms with E-state index in [4.69, 9.17) is 9.84 Å². The third-order valence-corrected chi connectivity index (χ3v) is 3.44. The largest absolute Gasteiger partial charge is 0.478 e. The number of Topliss-reactive ketones (excluding diaryl/α,β-unsaturated/α-hetero) is 1. The topological polar surface area (TPSA) is 92.7 Å². The number of thioether (sulfide) groups is 1. The van der Waals surface area contributed by atoms with Crippen molar-refractivity contribution in [3.63, 3.8) is 0 Å². The normalized spacial score (nSPS) is 22.9. The molecule has 102 valence electrons. The molecule has 1 aliphatic rings. The van der Waals surface area contributed by atoms with Crippen molar-refractivity contribution in [3.05, 3.63) is 0 Å². The molecule has 1 fully saturated rings. The summed E-state index contributed by atoms with van der Waals surface area (Å²) in [6.07, 6.45) is 1.28. The van der Waals surface area contributed by atoms with Crippen molar-refractivity contribution in [2.24, 2.45) is 0 Å². The van der Waals surface area contributed by atoms with E-state index in [1.807, 2.05) is 0 Å². The fraction of sp³-hybridized carbons (Fsp3) is 0.727. The maximum atomic E-state index is 11.5. The van der Waals surface area contributed by atoms with Crippen LogP contribution >= 0.6 is 11.8 Å². The smallest absolute Gasteiger partial charge is 0.351 e. The van der Waals surface area contributed by atoms with Crippen molar-refractivity contribution in [2.45, 2.75) is 31.9 Å². The molecule has 0 bridgehead atoms. The van der Waals surface area contributed by atoms with Gasteiger partial charge in [-0.1, -0.05) is 11.8 Å². The van der Waals surface area contributed by atoms with Crippen molar-refractivity contribution < 1.29 is 24.2 Å². The summed E-state index contributed by atoms with van der Waals surface area (Å²) in [6.45, 7) is 1.77. The number of hydrogen-bond acceptors (Lipinski definition) is 6. The predicted molar refractivity (Wildman–Crippen MR) is 66.3 cm³/mol. The Labute approximate surface area is 109 Å². The van der Waals surface area contributed by atoms with Crippen LogP contribution < -0.4 is 5.32 Å². The van der Waals surface area contributed by atoms with Crippen LogP contribution in [0.4, 0.5) is 0 Å². The second-order valence-electron chi connectivity index (χ2n) is 4.08. The van der Waals surface area contributed by atoms with E-state index in [2.05, 4.69) is 5.32 Å². The van der Waals surface area contributed by atoms with Gasteiger partial charge in [0, 0.05) is 25.5 Å². The minimum absolute atomic E-state index is 0.0387. The van der Waals surface area contributed by atoms with E-state index < -0.39 is 11.7 Å². The molecule has 0 aliphatic carbocycles. The fourth-order valence-electron chi connectivity index (χ4n) is 1.67. The molecule has 1 aliphatic heterocycles. The molecule has 7 heteroatoms. The summed E-state index contributed by atoms with van der Waals surface area (Å²) in [5, 5.41) is 11.8. The van der Waals surface area contributed by atoms with Crippen LogP contribution in [0.3, 0.4) is 0 Å². The van der Waals surface area contributed by atoms with Crippen molar-refractivity contribution in [1.29, 1.82) is 0 Å². The van der Waals surface area contributed by atoms with Crippen LogP contribution in [0.2, 0.25) is 0 Å². The molecule has 0 saturated carbocycles. The first-order valence-electron chi connectivity index (χ1n) is 5.74. The Hall–Kier alpha value is -0.920. The SMILES string of the molecule is CC(=O)SCCC(=O)CO[C@@]1(C(=O)O)CCCN1. The van der Waals surface area contributed by atoms with Crippen molar-refractivity contribution in [1.82, 2.24) is 5.32 Å². The van der Waals surface area contributed by atoms with Crippen LogP contribution in [-0.4, -0.2) is 46.6 Å². The summed E-state index contributed by atoms with van der Waals surface area (Å²) >= 11 is 1.08. The lowest BCUT2D eigenvalue weighted by molar-refractivity contribution is -0.170. The molecule has 1 heterocycles. The summed E-state index contributed by atoms with van der Waals surface area (Å²) in [5.41, 5.74) is -1.41. The number of carbonyl (C=O) groups is 3. The van der Waals surface area contributed by atoms with E-state index in [9.17, 15) is 14.4 Å². The lowest BCUT2D eigenvalue weighted by Gasteiger charge is -2.24. The molecule has 1 rings (SSSR count). The van der Waals surface area contributed by atoms with Crippen LogP contribution in [0.15, 0.2) is 0 Å². The van der Waals surface area contributed by atoms with E-state index in [0.717, 1.165) is 11.8 Å². The molecule has 6 nitrogen and oxygen atoms in total. The number of aliphatic carboxylic acids is 1. The summed E-state index contributed by atoms with van der Waals surface area (Å²) < 4.78 is 5.22. The second-order valence-corrected chi connectivity index (χ2v) is 5.35. The van der Waals surface area contributed by atoms with Crippen molar-refractivity contribution >= 4 is 28.6 Å². The predicted octanol–water partition coefficient (Wildman–Crippen LogP) is 0.406. The molecular weight excluding hydrogens is 258 g/mol. The Morgan fingerprint density at radius 1 is 1.44 bits per heavy atom. The number of ketones is 1. The maximum Gasteiger partial charge on any atom is 0.351 e. The van der Waals surface area contributed by atoms with Gasteiger partial charge >= 0.3 is 5.97 Å². The number of rotatable bonds is 7. The highest BCUT2D eigenvalue weighted by Gasteiger charge is 2.42. The number of hydrogen-bond donors (Lipinski definition) is 2. The van der Waals surface area contributed by atoms with Gasteiger partial charge in [-0.2, -0.15) is 0 Å². The van der Waals surface area contributed by atoms with Gasteiger partial charge in [-0.15, -0.1) is 0 Å². The zero-order valence-corrected chi connectivity index (χ0v) is 11.0. The third-order valence-electron chi connectivity index (χ3n) is 2.63. The van der Waals surface area contributed by atoms with Crippen LogP contribution in [0.5, 0.6) is 0 Å². The van der Waals surface area contributed by atoms with Gasteiger partial charge in [-0.3, -0.25) is 14.9 Å². The highest BCUT2D eigenvalue weighted by Crippen LogP contribution is 2.21. The van der Waals surface area contributed by atoms with E-state index >= 15 is 0 Å². The summed E-state index contributed by atoms with van der Waals surface area (Å²) in [7, 11) is 0. The number of carboxylic acids is 1. The summed E-state index contributed by atoms with van der Waals surface area (Å²) in [4.78, 5) is 33.2. The van der Waals surface area contributed by atoms with Crippen molar-refractivity contribution in [2.75, 3.05) is 18.9 Å². The van der Waals surface area contributed by atoms with E-state index in [0.29, 0.717) is 25.1 Å². The average molecular weight is 275 g/mol. The zero-order chi connectivity index (χ0) is 13.6. The highest BCUT2D eigenvalue weighted by molar-refractivity contribution is 8.13. The number of ether oxygens (including phenoxy) is 1. The van der Waals surface area contributed by atoms with E-state index in [1.165, 1.54) is 6.92 Å². The Morgan fingerprint density at radius 2 is 2.17 bits per heavy atom. The van der Waals surface area contributed by atoms with Gasteiger partial charge in [-0.25, -0.2) is 4.79 Å². The number of carbonyl (C=O) groups excluding carboxylic acids is 2. The number of carboxylic acid groups (broad SMARTS) is 1. The maximum absolute atomic E-state index is 11.5. The molecule has 0 unspecified atom stereocenters. The molecule has 0 aromatic heterocycles. The molecular formula is C11H17NO5S. The molecule has 1 saturated heterocycles.